The van der Waals surface area contributed by atoms with Gasteiger partial charge in [-0.25, -0.2) is 0 Å². The summed E-state index contributed by atoms with van der Waals surface area (Å²) in [5, 5.41) is 1.69. The van der Waals surface area contributed by atoms with E-state index in [9.17, 15) is 4.79 Å². The van der Waals surface area contributed by atoms with Gasteiger partial charge < -0.3 is 4.57 Å². The molecular weight excluding hydrogens is 266 g/mol. The molecule has 0 amide bonds. The minimum Gasteiger partial charge on any atom is -0.347 e. The van der Waals surface area contributed by atoms with Gasteiger partial charge in [-0.3, -0.25) is 4.79 Å². The van der Waals surface area contributed by atoms with Crippen LogP contribution in [-0.2, 0) is 6.54 Å². The second-order valence-electron chi connectivity index (χ2n) is 4.11. The molecule has 0 radical (unpaired) electrons. The second-order valence-corrected chi connectivity index (χ2v) is 5.94. The highest BCUT2D eigenvalue weighted by Gasteiger charge is 2.08. The lowest BCUT2D eigenvalue weighted by atomic mass is 10.2. The average molecular weight is 282 g/mol. The highest BCUT2D eigenvalue weighted by molar-refractivity contribution is 7.99. The zero-order valence-corrected chi connectivity index (χ0v) is 11.9. The molecule has 96 valence electrons. The summed E-state index contributed by atoms with van der Waals surface area (Å²) in [6, 6.07) is 5.67. The van der Waals surface area contributed by atoms with Crippen LogP contribution < -0.4 is 0 Å². The molecule has 1 heterocycles. The van der Waals surface area contributed by atoms with Crippen molar-refractivity contribution in [3.8, 4) is 0 Å². The summed E-state index contributed by atoms with van der Waals surface area (Å²) >= 11 is 7.96. The molecule has 0 aliphatic rings. The number of benzene rings is 1. The second kappa shape index (κ2) is 6.30. The van der Waals surface area contributed by atoms with Crippen molar-refractivity contribution in [2.24, 2.45) is 0 Å². The fourth-order valence-corrected chi connectivity index (χ4v) is 2.84. The van der Waals surface area contributed by atoms with Crippen LogP contribution in [0.2, 0.25) is 5.02 Å². The Bertz CT molecular complexity index is 550. The highest BCUT2D eigenvalue weighted by atomic mass is 35.5. The molecular formula is C14H16ClNOS. The SMILES string of the molecule is CCSCCCn1cc(C=O)c2ccc(Cl)cc21. The molecule has 0 spiro atoms. The Morgan fingerprint density at radius 3 is 3.00 bits per heavy atom. The van der Waals surface area contributed by atoms with E-state index < -0.39 is 0 Å². The van der Waals surface area contributed by atoms with Gasteiger partial charge >= 0.3 is 0 Å². The van der Waals surface area contributed by atoms with Crippen LogP contribution in [0.3, 0.4) is 0 Å². The van der Waals surface area contributed by atoms with E-state index in [2.05, 4.69) is 11.5 Å². The van der Waals surface area contributed by atoms with E-state index in [0.29, 0.717) is 5.02 Å². The van der Waals surface area contributed by atoms with Crippen molar-refractivity contribution in [1.82, 2.24) is 4.57 Å². The van der Waals surface area contributed by atoms with Crippen molar-refractivity contribution in [2.45, 2.75) is 19.9 Å². The van der Waals surface area contributed by atoms with E-state index in [1.54, 1.807) is 0 Å². The van der Waals surface area contributed by atoms with E-state index in [1.165, 1.54) is 0 Å². The molecule has 0 aliphatic carbocycles. The van der Waals surface area contributed by atoms with Crippen molar-refractivity contribution in [3.05, 3.63) is 35.0 Å². The number of fused-ring (bicyclic) bond motifs is 1. The van der Waals surface area contributed by atoms with E-state index in [1.807, 2.05) is 36.2 Å². The Labute approximate surface area is 116 Å². The van der Waals surface area contributed by atoms with Crippen molar-refractivity contribution < 1.29 is 4.79 Å². The van der Waals surface area contributed by atoms with E-state index in [4.69, 9.17) is 11.6 Å². The minimum atomic E-state index is 0.710. The molecule has 2 nitrogen and oxygen atoms in total. The molecule has 0 saturated heterocycles. The molecule has 0 unspecified atom stereocenters. The van der Waals surface area contributed by atoms with Crippen molar-refractivity contribution in [1.29, 1.82) is 0 Å². The van der Waals surface area contributed by atoms with Crippen molar-refractivity contribution in [2.75, 3.05) is 11.5 Å². The normalized spacial score (nSPS) is 11.0. The number of hydrogen-bond acceptors (Lipinski definition) is 2. The Hall–Kier alpha value is -0.930. The zero-order valence-electron chi connectivity index (χ0n) is 10.4. The Kier molecular flexibility index (Phi) is 4.72. The first kappa shape index (κ1) is 13.5. The molecule has 1 aromatic heterocycles. The zero-order chi connectivity index (χ0) is 13.0. The molecule has 0 atom stereocenters. The van der Waals surface area contributed by atoms with E-state index in [-0.39, 0.29) is 0 Å². The third-order valence-electron chi connectivity index (χ3n) is 2.89. The van der Waals surface area contributed by atoms with Crippen molar-refractivity contribution in [3.63, 3.8) is 0 Å². The number of aromatic nitrogens is 1. The Balaban J connectivity index is 2.26. The van der Waals surface area contributed by atoms with Gasteiger partial charge in [0.15, 0.2) is 6.29 Å². The van der Waals surface area contributed by atoms with Gasteiger partial charge in [0.25, 0.3) is 0 Å². The van der Waals surface area contributed by atoms with E-state index in [0.717, 1.165) is 47.2 Å². The number of aldehydes is 1. The summed E-state index contributed by atoms with van der Waals surface area (Å²) < 4.78 is 2.13. The van der Waals surface area contributed by atoms with Crippen molar-refractivity contribution >= 4 is 40.6 Å². The topological polar surface area (TPSA) is 22.0 Å². The van der Waals surface area contributed by atoms with Crippen LogP contribution in [0.25, 0.3) is 10.9 Å². The average Bonchev–Trinajstić information content (AvgIpc) is 2.72. The quantitative estimate of drug-likeness (QED) is 0.583. The van der Waals surface area contributed by atoms with Gasteiger partial charge in [0.1, 0.15) is 0 Å². The van der Waals surface area contributed by atoms with Gasteiger partial charge in [-0.2, -0.15) is 11.8 Å². The molecule has 2 rings (SSSR count). The minimum absolute atomic E-state index is 0.710. The lowest BCUT2D eigenvalue weighted by Gasteiger charge is -2.05. The van der Waals surface area contributed by atoms with Crippen LogP contribution in [0.4, 0.5) is 0 Å². The number of carbonyl (C=O) groups excluding carboxylic acids is 1. The first-order valence-corrected chi connectivity index (χ1v) is 7.61. The summed E-state index contributed by atoms with van der Waals surface area (Å²) in [5.74, 6) is 2.30. The fraction of sp³-hybridized carbons (Fsp3) is 0.357. The predicted octanol–water partition coefficient (Wildman–Crippen LogP) is 4.25. The molecule has 0 N–H and O–H groups in total. The van der Waals surface area contributed by atoms with Gasteiger partial charge in [0.05, 0.1) is 5.52 Å². The molecule has 0 aliphatic heterocycles. The molecule has 2 aromatic rings. The number of aryl methyl sites for hydroxylation is 1. The molecule has 0 bridgehead atoms. The Morgan fingerprint density at radius 2 is 2.28 bits per heavy atom. The molecule has 1 aromatic carbocycles. The number of rotatable bonds is 6. The molecule has 0 saturated carbocycles. The van der Waals surface area contributed by atoms with Gasteiger partial charge in [-0.15, -0.1) is 0 Å². The molecule has 4 heteroatoms. The van der Waals surface area contributed by atoms with Crippen LogP contribution >= 0.6 is 23.4 Å². The Morgan fingerprint density at radius 1 is 1.44 bits per heavy atom. The van der Waals surface area contributed by atoms with Crippen LogP contribution in [0.15, 0.2) is 24.4 Å². The smallest absolute Gasteiger partial charge is 0.152 e. The van der Waals surface area contributed by atoms with Gasteiger partial charge in [0.2, 0.25) is 0 Å². The largest absolute Gasteiger partial charge is 0.347 e. The van der Waals surface area contributed by atoms with Gasteiger partial charge in [-0.05, 0) is 30.1 Å². The molecule has 0 fully saturated rings. The number of carbonyl (C=O) groups is 1. The lowest BCUT2D eigenvalue weighted by Crippen LogP contribution is -1.97. The lowest BCUT2D eigenvalue weighted by molar-refractivity contribution is 0.112. The highest BCUT2D eigenvalue weighted by Crippen LogP contribution is 2.24. The summed E-state index contributed by atoms with van der Waals surface area (Å²) in [7, 11) is 0. The summed E-state index contributed by atoms with van der Waals surface area (Å²) in [4.78, 5) is 11.0. The molecule has 18 heavy (non-hydrogen) atoms. The van der Waals surface area contributed by atoms with Gasteiger partial charge in [-0.1, -0.05) is 24.6 Å². The summed E-state index contributed by atoms with van der Waals surface area (Å²) in [5.41, 5.74) is 1.79. The summed E-state index contributed by atoms with van der Waals surface area (Å²) in [6.45, 7) is 3.09. The van der Waals surface area contributed by atoms with Crippen LogP contribution in [-0.4, -0.2) is 22.4 Å². The van der Waals surface area contributed by atoms with Crippen LogP contribution in [0.5, 0.6) is 0 Å². The monoisotopic (exact) mass is 281 g/mol. The number of nitrogens with zero attached hydrogens (tertiary/aromatic N) is 1. The number of hydrogen-bond donors (Lipinski definition) is 0. The van der Waals surface area contributed by atoms with Gasteiger partial charge in [0, 0.05) is 28.7 Å². The maximum atomic E-state index is 11.0. The first-order chi connectivity index (χ1) is 8.76. The fourth-order valence-electron chi connectivity index (χ4n) is 2.05. The summed E-state index contributed by atoms with van der Waals surface area (Å²) in [6.07, 6.45) is 3.94. The maximum absolute atomic E-state index is 11.0. The predicted molar refractivity (Wildman–Crippen MR) is 80.0 cm³/mol. The maximum Gasteiger partial charge on any atom is 0.152 e. The van der Waals surface area contributed by atoms with E-state index >= 15 is 0 Å². The number of thioether (sulfide) groups is 1. The first-order valence-electron chi connectivity index (χ1n) is 6.07. The number of halogens is 1. The van der Waals surface area contributed by atoms with Crippen LogP contribution in [0, 0.1) is 0 Å². The standard InChI is InChI=1S/C14H16ClNOS/c1-2-18-7-3-6-16-9-11(10-17)13-5-4-12(15)8-14(13)16/h4-5,8-10H,2-3,6-7H2,1H3. The third kappa shape index (κ3) is 2.90. The third-order valence-corrected chi connectivity index (χ3v) is 4.11. The van der Waals surface area contributed by atoms with Crippen LogP contribution in [0.1, 0.15) is 23.7 Å².